The average molecular weight is 346 g/mol. The van der Waals surface area contributed by atoms with Gasteiger partial charge in [-0.25, -0.2) is 4.98 Å². The first kappa shape index (κ1) is 18.6. The number of anilines is 1. The molecule has 0 aliphatic rings. The van der Waals surface area contributed by atoms with Crippen LogP contribution in [0.25, 0.3) is 11.3 Å². The summed E-state index contributed by atoms with van der Waals surface area (Å²) >= 11 is 1.56. The zero-order valence-corrected chi connectivity index (χ0v) is 15.7. The van der Waals surface area contributed by atoms with Gasteiger partial charge in [-0.15, -0.1) is 11.3 Å². The van der Waals surface area contributed by atoms with Crippen molar-refractivity contribution in [1.82, 2.24) is 4.98 Å². The molecule has 0 spiro atoms. The maximum atomic E-state index is 11.9. The van der Waals surface area contributed by atoms with E-state index in [1.54, 1.807) is 11.3 Å². The van der Waals surface area contributed by atoms with Crippen LogP contribution >= 0.6 is 11.3 Å². The van der Waals surface area contributed by atoms with Gasteiger partial charge in [0.25, 0.3) is 0 Å². The van der Waals surface area contributed by atoms with Gasteiger partial charge < -0.3 is 11.1 Å². The molecule has 1 heterocycles. The Labute approximate surface area is 148 Å². The van der Waals surface area contributed by atoms with Gasteiger partial charge in [-0.2, -0.15) is 0 Å². The van der Waals surface area contributed by atoms with Gasteiger partial charge in [0.2, 0.25) is 5.91 Å². The highest BCUT2D eigenvalue weighted by Crippen LogP contribution is 2.36. The van der Waals surface area contributed by atoms with Gasteiger partial charge in [0.1, 0.15) is 0 Å². The highest BCUT2D eigenvalue weighted by molar-refractivity contribution is 7.16. The molecule has 0 radical (unpaired) electrons. The summed E-state index contributed by atoms with van der Waals surface area (Å²) in [5.74, 6) is 0.847. The number of hydrogen-bond donors (Lipinski definition) is 2. The normalized spacial score (nSPS) is 11.3. The van der Waals surface area contributed by atoms with Gasteiger partial charge in [-0.3, -0.25) is 4.79 Å². The molecule has 130 valence electrons. The second-order valence-electron chi connectivity index (χ2n) is 6.60. The maximum Gasteiger partial charge on any atom is 0.226 e. The SMILES string of the molecule is CC(C)c1ccc(-c2nc(NC(=O)CCCN)sc2C(C)C)cc1. The topological polar surface area (TPSA) is 68.0 Å². The van der Waals surface area contributed by atoms with Crippen molar-refractivity contribution in [2.75, 3.05) is 11.9 Å². The average Bonchev–Trinajstić information content (AvgIpc) is 2.97. The van der Waals surface area contributed by atoms with Crippen LogP contribution in [-0.4, -0.2) is 17.4 Å². The summed E-state index contributed by atoms with van der Waals surface area (Å²) in [4.78, 5) is 17.8. The van der Waals surface area contributed by atoms with E-state index in [1.165, 1.54) is 10.4 Å². The Morgan fingerprint density at radius 1 is 1.17 bits per heavy atom. The molecule has 5 heteroatoms. The lowest BCUT2D eigenvalue weighted by Crippen LogP contribution is -2.13. The van der Waals surface area contributed by atoms with E-state index in [2.05, 4.69) is 62.3 Å². The number of rotatable bonds is 7. The van der Waals surface area contributed by atoms with Gasteiger partial charge >= 0.3 is 0 Å². The Morgan fingerprint density at radius 3 is 2.38 bits per heavy atom. The zero-order chi connectivity index (χ0) is 17.7. The lowest BCUT2D eigenvalue weighted by atomic mass is 9.99. The first-order valence-corrected chi connectivity index (χ1v) is 9.35. The maximum absolute atomic E-state index is 11.9. The number of nitrogens with zero attached hydrogens (tertiary/aromatic N) is 1. The van der Waals surface area contributed by atoms with Crippen LogP contribution in [0.15, 0.2) is 24.3 Å². The predicted molar refractivity (Wildman–Crippen MR) is 103 cm³/mol. The molecule has 0 aliphatic heterocycles. The Bertz CT molecular complexity index is 674. The number of carbonyl (C=O) groups excluding carboxylic acids is 1. The van der Waals surface area contributed by atoms with Crippen LogP contribution in [0.2, 0.25) is 0 Å². The second kappa shape index (κ2) is 8.40. The van der Waals surface area contributed by atoms with Crippen molar-refractivity contribution in [3.63, 3.8) is 0 Å². The van der Waals surface area contributed by atoms with Crippen LogP contribution in [0, 0.1) is 0 Å². The Kier molecular flexibility index (Phi) is 6.52. The van der Waals surface area contributed by atoms with E-state index >= 15 is 0 Å². The third kappa shape index (κ3) is 4.65. The van der Waals surface area contributed by atoms with Crippen LogP contribution < -0.4 is 11.1 Å². The van der Waals surface area contributed by atoms with Crippen molar-refractivity contribution in [2.24, 2.45) is 5.73 Å². The van der Waals surface area contributed by atoms with Gasteiger partial charge in [0.15, 0.2) is 5.13 Å². The van der Waals surface area contributed by atoms with Crippen molar-refractivity contribution in [3.05, 3.63) is 34.7 Å². The Balaban J connectivity index is 2.26. The number of thiazole rings is 1. The summed E-state index contributed by atoms with van der Waals surface area (Å²) in [7, 11) is 0. The number of carbonyl (C=O) groups is 1. The van der Waals surface area contributed by atoms with Crippen LogP contribution in [0.3, 0.4) is 0 Å². The molecule has 1 aromatic carbocycles. The lowest BCUT2D eigenvalue weighted by Gasteiger charge is -2.08. The molecule has 3 N–H and O–H groups in total. The number of hydrogen-bond acceptors (Lipinski definition) is 4. The zero-order valence-electron chi connectivity index (χ0n) is 14.9. The molecular formula is C19H27N3OS. The first-order valence-electron chi connectivity index (χ1n) is 8.53. The van der Waals surface area contributed by atoms with Crippen molar-refractivity contribution >= 4 is 22.4 Å². The van der Waals surface area contributed by atoms with Gasteiger partial charge in [-0.05, 0) is 30.4 Å². The number of nitrogens with two attached hydrogens (primary N) is 1. The molecule has 0 fully saturated rings. The molecule has 0 saturated carbocycles. The van der Waals surface area contributed by atoms with E-state index < -0.39 is 0 Å². The minimum atomic E-state index is -0.0220. The molecule has 4 nitrogen and oxygen atoms in total. The molecule has 0 bridgehead atoms. The van der Waals surface area contributed by atoms with Crippen LogP contribution in [-0.2, 0) is 4.79 Å². The molecular weight excluding hydrogens is 318 g/mol. The number of benzene rings is 1. The molecule has 0 saturated heterocycles. The third-order valence-electron chi connectivity index (χ3n) is 3.88. The largest absolute Gasteiger partial charge is 0.330 e. The van der Waals surface area contributed by atoms with Crippen LogP contribution in [0.1, 0.15) is 62.8 Å². The molecule has 0 atom stereocenters. The van der Waals surface area contributed by atoms with E-state index in [1.807, 2.05) is 0 Å². The summed E-state index contributed by atoms with van der Waals surface area (Å²) < 4.78 is 0. The van der Waals surface area contributed by atoms with E-state index in [4.69, 9.17) is 5.73 Å². The van der Waals surface area contributed by atoms with E-state index in [0.29, 0.717) is 36.4 Å². The minimum absolute atomic E-state index is 0.0220. The highest BCUT2D eigenvalue weighted by atomic mass is 32.1. The second-order valence-corrected chi connectivity index (χ2v) is 7.63. The lowest BCUT2D eigenvalue weighted by molar-refractivity contribution is -0.116. The van der Waals surface area contributed by atoms with Crippen molar-refractivity contribution < 1.29 is 4.79 Å². The molecule has 2 rings (SSSR count). The monoisotopic (exact) mass is 345 g/mol. The predicted octanol–water partition coefficient (Wildman–Crippen LogP) is 4.73. The summed E-state index contributed by atoms with van der Waals surface area (Å²) in [5.41, 5.74) is 8.84. The molecule has 0 aliphatic carbocycles. The van der Waals surface area contributed by atoms with E-state index in [9.17, 15) is 4.79 Å². The minimum Gasteiger partial charge on any atom is -0.330 e. The van der Waals surface area contributed by atoms with Gasteiger partial charge in [0, 0.05) is 16.9 Å². The molecule has 1 amide bonds. The Hall–Kier alpha value is -1.72. The van der Waals surface area contributed by atoms with Crippen molar-refractivity contribution in [2.45, 2.75) is 52.4 Å². The standard InChI is InChI=1S/C19H27N3OS/c1-12(2)14-7-9-15(10-8-14)17-18(13(3)4)24-19(22-17)21-16(23)6-5-11-20/h7-10,12-13H,5-6,11,20H2,1-4H3,(H,21,22,23). The highest BCUT2D eigenvalue weighted by Gasteiger charge is 2.17. The molecule has 1 aromatic heterocycles. The molecule has 24 heavy (non-hydrogen) atoms. The van der Waals surface area contributed by atoms with Gasteiger partial charge in [-0.1, -0.05) is 52.0 Å². The quantitative estimate of drug-likeness (QED) is 0.762. The summed E-state index contributed by atoms with van der Waals surface area (Å²) in [6, 6.07) is 8.55. The Morgan fingerprint density at radius 2 is 1.83 bits per heavy atom. The van der Waals surface area contributed by atoms with E-state index in [-0.39, 0.29) is 5.91 Å². The van der Waals surface area contributed by atoms with Crippen LogP contribution in [0.5, 0.6) is 0 Å². The first-order chi connectivity index (χ1) is 11.4. The van der Waals surface area contributed by atoms with Crippen LogP contribution in [0.4, 0.5) is 5.13 Å². The number of nitrogens with one attached hydrogen (secondary N) is 1. The molecule has 2 aromatic rings. The molecule has 0 unspecified atom stereocenters. The number of amides is 1. The smallest absolute Gasteiger partial charge is 0.226 e. The fourth-order valence-corrected chi connectivity index (χ4v) is 3.46. The van der Waals surface area contributed by atoms with Crippen molar-refractivity contribution in [3.8, 4) is 11.3 Å². The number of aromatic nitrogens is 1. The fourth-order valence-electron chi connectivity index (χ4n) is 2.45. The summed E-state index contributed by atoms with van der Waals surface area (Å²) in [6.45, 7) is 9.20. The van der Waals surface area contributed by atoms with Gasteiger partial charge in [0.05, 0.1) is 5.69 Å². The summed E-state index contributed by atoms with van der Waals surface area (Å²) in [5, 5.41) is 3.57. The van der Waals surface area contributed by atoms with E-state index in [0.717, 1.165) is 11.3 Å². The summed E-state index contributed by atoms with van der Waals surface area (Å²) in [6.07, 6.45) is 1.13. The fraction of sp³-hybridized carbons (Fsp3) is 0.474. The third-order valence-corrected chi connectivity index (χ3v) is 5.15. The van der Waals surface area contributed by atoms with Crippen molar-refractivity contribution in [1.29, 1.82) is 0 Å².